The average Bonchev–Trinajstić information content (AvgIpc) is 2.57. The van der Waals surface area contributed by atoms with Crippen molar-refractivity contribution in [2.45, 2.75) is 26.7 Å². The van der Waals surface area contributed by atoms with Gasteiger partial charge in [0.15, 0.2) is 0 Å². The van der Waals surface area contributed by atoms with Gasteiger partial charge in [0.25, 0.3) is 0 Å². The minimum atomic E-state index is 0. The summed E-state index contributed by atoms with van der Waals surface area (Å²) in [6.07, 6.45) is 2.26. The first-order valence-electron chi connectivity index (χ1n) is 9.07. The molecule has 2 rings (SSSR count). The number of piperazine rings is 1. The summed E-state index contributed by atoms with van der Waals surface area (Å²) in [5, 5.41) is 0. The van der Waals surface area contributed by atoms with E-state index in [1.54, 1.807) is 0 Å². The zero-order valence-corrected chi connectivity index (χ0v) is 18.5. The standard InChI is InChI=1S/C19H33N2O2.Y/c1-4-6-16-22-18-7-9-19(10-8-18)23-17-15-21(3)13-11-20(5-2)12-14-21;/h7-10H,4-6,11-17H2,1-3H3;/q+1;. The Morgan fingerprint density at radius 1 is 0.958 bits per heavy atom. The largest absolute Gasteiger partial charge is 0.494 e. The van der Waals surface area contributed by atoms with Crippen LogP contribution in [0.4, 0.5) is 0 Å². The van der Waals surface area contributed by atoms with Crippen molar-refractivity contribution in [1.29, 1.82) is 0 Å². The topological polar surface area (TPSA) is 21.7 Å². The molecule has 0 spiro atoms. The van der Waals surface area contributed by atoms with Gasteiger partial charge in [-0.1, -0.05) is 20.3 Å². The molecule has 1 aliphatic rings. The van der Waals surface area contributed by atoms with Crippen LogP contribution in [0.3, 0.4) is 0 Å². The predicted octanol–water partition coefficient (Wildman–Crippen LogP) is 3.02. The molecule has 0 unspecified atom stereocenters. The minimum Gasteiger partial charge on any atom is -0.494 e. The summed E-state index contributed by atoms with van der Waals surface area (Å²) < 4.78 is 12.7. The van der Waals surface area contributed by atoms with Crippen LogP contribution in [-0.4, -0.2) is 68.9 Å². The quantitative estimate of drug-likeness (QED) is 0.462. The van der Waals surface area contributed by atoms with E-state index < -0.39 is 0 Å². The first-order valence-corrected chi connectivity index (χ1v) is 9.07. The van der Waals surface area contributed by atoms with Gasteiger partial charge in [0, 0.05) is 45.8 Å². The van der Waals surface area contributed by atoms with Crippen LogP contribution in [0, 0.1) is 0 Å². The molecule has 0 bridgehead atoms. The normalized spacial score (nSPS) is 17.1. The Hall–Kier alpha value is -0.156. The second kappa shape index (κ2) is 11.5. The molecule has 1 saturated heterocycles. The first kappa shape index (κ1) is 21.9. The smallest absolute Gasteiger partial charge is 0.137 e. The average molecular weight is 410 g/mol. The molecule has 0 atom stereocenters. The molecule has 133 valence electrons. The number of hydrogen-bond acceptors (Lipinski definition) is 3. The molecule has 1 aromatic carbocycles. The first-order chi connectivity index (χ1) is 11.1. The van der Waals surface area contributed by atoms with Crippen molar-refractivity contribution in [3.05, 3.63) is 24.3 Å². The Labute approximate surface area is 173 Å². The van der Waals surface area contributed by atoms with Gasteiger partial charge < -0.3 is 14.0 Å². The summed E-state index contributed by atoms with van der Waals surface area (Å²) >= 11 is 0. The molecule has 0 saturated carbocycles. The minimum absolute atomic E-state index is 0. The molecule has 5 heteroatoms. The predicted molar refractivity (Wildman–Crippen MR) is 95.2 cm³/mol. The van der Waals surface area contributed by atoms with Gasteiger partial charge in [0.1, 0.15) is 24.7 Å². The SMILES string of the molecule is CCCCOc1ccc(OCC[N+]2(C)CCN(CC)CC2)cc1.[Y]. The molecular weight excluding hydrogens is 377 g/mol. The maximum Gasteiger partial charge on any atom is 0.137 e. The van der Waals surface area contributed by atoms with E-state index >= 15 is 0 Å². The van der Waals surface area contributed by atoms with Crippen LogP contribution in [0.1, 0.15) is 26.7 Å². The van der Waals surface area contributed by atoms with Gasteiger partial charge in [0.05, 0.1) is 26.7 Å². The number of ether oxygens (including phenoxy) is 2. The number of nitrogens with zero attached hydrogens (tertiary/aromatic N) is 2. The van der Waals surface area contributed by atoms with Crippen molar-refractivity contribution in [2.24, 2.45) is 0 Å². The Morgan fingerprint density at radius 2 is 1.50 bits per heavy atom. The van der Waals surface area contributed by atoms with E-state index in [4.69, 9.17) is 9.47 Å². The Bertz CT molecular complexity index is 445. The van der Waals surface area contributed by atoms with Gasteiger partial charge in [-0.2, -0.15) is 0 Å². The van der Waals surface area contributed by atoms with Crippen molar-refractivity contribution in [2.75, 3.05) is 59.5 Å². The van der Waals surface area contributed by atoms with Crippen molar-refractivity contribution in [1.82, 2.24) is 4.90 Å². The summed E-state index contributed by atoms with van der Waals surface area (Å²) in [4.78, 5) is 2.53. The van der Waals surface area contributed by atoms with Crippen LogP contribution in [0.5, 0.6) is 11.5 Å². The summed E-state index contributed by atoms with van der Waals surface area (Å²) in [6, 6.07) is 8.02. The summed E-state index contributed by atoms with van der Waals surface area (Å²) in [5.74, 6) is 1.87. The molecular formula is C19H33N2O2Y+. The van der Waals surface area contributed by atoms with Gasteiger partial charge >= 0.3 is 0 Å². The summed E-state index contributed by atoms with van der Waals surface area (Å²) in [7, 11) is 2.35. The molecule has 1 radical (unpaired) electrons. The zero-order chi connectivity index (χ0) is 16.5. The fraction of sp³-hybridized carbons (Fsp3) is 0.684. The van der Waals surface area contributed by atoms with Gasteiger partial charge in [-0.15, -0.1) is 0 Å². The van der Waals surface area contributed by atoms with E-state index in [2.05, 4.69) is 25.8 Å². The van der Waals surface area contributed by atoms with E-state index in [1.807, 2.05) is 24.3 Å². The van der Waals surface area contributed by atoms with Crippen molar-refractivity contribution in [3.8, 4) is 11.5 Å². The molecule has 0 aliphatic carbocycles. The van der Waals surface area contributed by atoms with E-state index in [9.17, 15) is 0 Å². The van der Waals surface area contributed by atoms with Crippen LogP contribution < -0.4 is 9.47 Å². The van der Waals surface area contributed by atoms with Crippen molar-refractivity contribution < 1.29 is 46.7 Å². The molecule has 0 aromatic heterocycles. The van der Waals surface area contributed by atoms with Crippen LogP contribution in [-0.2, 0) is 32.7 Å². The third-order valence-electron chi connectivity index (χ3n) is 4.85. The van der Waals surface area contributed by atoms with Gasteiger partial charge in [-0.05, 0) is 37.2 Å². The number of hydrogen-bond donors (Lipinski definition) is 0. The molecule has 24 heavy (non-hydrogen) atoms. The Kier molecular flexibility index (Phi) is 10.4. The number of unbranched alkanes of at least 4 members (excludes halogenated alkanes) is 1. The second-order valence-corrected chi connectivity index (χ2v) is 6.75. The maximum absolute atomic E-state index is 5.92. The Balaban J connectivity index is 0.00000288. The molecule has 0 amide bonds. The monoisotopic (exact) mass is 410 g/mol. The summed E-state index contributed by atoms with van der Waals surface area (Å²) in [6.45, 7) is 13.1. The number of likely N-dealkylation sites (N-methyl/N-ethyl adjacent to an activating group) is 2. The van der Waals surface area contributed by atoms with Crippen LogP contribution in [0.15, 0.2) is 24.3 Å². The fourth-order valence-corrected chi connectivity index (χ4v) is 2.88. The third-order valence-corrected chi connectivity index (χ3v) is 4.85. The van der Waals surface area contributed by atoms with Crippen molar-refractivity contribution in [3.63, 3.8) is 0 Å². The number of benzene rings is 1. The molecule has 1 fully saturated rings. The van der Waals surface area contributed by atoms with Crippen LogP contribution >= 0.6 is 0 Å². The maximum atomic E-state index is 5.92. The van der Waals surface area contributed by atoms with Crippen LogP contribution in [0.25, 0.3) is 0 Å². The molecule has 0 N–H and O–H groups in total. The van der Waals surface area contributed by atoms with Gasteiger partial charge in [-0.3, -0.25) is 4.90 Å². The van der Waals surface area contributed by atoms with Gasteiger partial charge in [0.2, 0.25) is 0 Å². The van der Waals surface area contributed by atoms with Crippen molar-refractivity contribution >= 4 is 0 Å². The molecule has 1 aromatic rings. The molecule has 1 heterocycles. The molecule has 4 nitrogen and oxygen atoms in total. The number of rotatable bonds is 9. The van der Waals surface area contributed by atoms with E-state index in [0.717, 1.165) is 48.6 Å². The van der Waals surface area contributed by atoms with Crippen LogP contribution in [0.2, 0.25) is 0 Å². The fourth-order valence-electron chi connectivity index (χ4n) is 2.88. The third kappa shape index (κ3) is 7.39. The second-order valence-electron chi connectivity index (χ2n) is 6.75. The van der Waals surface area contributed by atoms with E-state index in [-0.39, 0.29) is 32.7 Å². The Morgan fingerprint density at radius 3 is 2.00 bits per heavy atom. The zero-order valence-electron chi connectivity index (χ0n) is 15.7. The van der Waals surface area contributed by atoms with Gasteiger partial charge in [-0.25, -0.2) is 0 Å². The summed E-state index contributed by atoms with van der Waals surface area (Å²) in [5.41, 5.74) is 0. The molecule has 1 aliphatic heterocycles. The number of quaternary nitrogens is 1. The van der Waals surface area contributed by atoms with E-state index in [1.165, 1.54) is 32.7 Å². The van der Waals surface area contributed by atoms with E-state index in [0.29, 0.717) is 0 Å².